The summed E-state index contributed by atoms with van der Waals surface area (Å²) in [5, 5.41) is 13.8. The number of benzene rings is 1. The lowest BCUT2D eigenvalue weighted by Gasteiger charge is -2.35. The lowest BCUT2D eigenvalue weighted by atomic mass is 9.96. The molecule has 0 aromatic heterocycles. The van der Waals surface area contributed by atoms with Crippen LogP contribution in [0.25, 0.3) is 0 Å². The molecule has 3 rings (SSSR count). The minimum atomic E-state index is -0.367. The number of nitrogens with one attached hydrogen (secondary N) is 1. The fourth-order valence-corrected chi connectivity index (χ4v) is 4.20. The number of aliphatic hydroxyl groups is 1. The van der Waals surface area contributed by atoms with E-state index in [0.29, 0.717) is 18.7 Å². The van der Waals surface area contributed by atoms with E-state index in [0.717, 1.165) is 19.6 Å². The van der Waals surface area contributed by atoms with Gasteiger partial charge in [-0.1, -0.05) is 30.7 Å². The zero-order chi connectivity index (χ0) is 16.8. The quantitative estimate of drug-likeness (QED) is 0.786. The molecule has 24 heavy (non-hydrogen) atoms. The molecule has 0 radical (unpaired) electrons. The summed E-state index contributed by atoms with van der Waals surface area (Å²) in [6.07, 6.45) is 7.07. The molecule has 1 fully saturated rings. The third-order valence-electron chi connectivity index (χ3n) is 5.47. The maximum Gasteiger partial charge on any atom is 0.0900 e. The van der Waals surface area contributed by atoms with Crippen molar-refractivity contribution in [1.82, 2.24) is 10.2 Å². The molecule has 0 saturated carbocycles. The van der Waals surface area contributed by atoms with Crippen molar-refractivity contribution in [1.29, 1.82) is 0 Å². The van der Waals surface area contributed by atoms with Gasteiger partial charge in [-0.3, -0.25) is 0 Å². The molecule has 2 aliphatic rings. The second kappa shape index (κ2) is 8.95. The van der Waals surface area contributed by atoms with Crippen LogP contribution < -0.4 is 5.32 Å². The van der Waals surface area contributed by atoms with E-state index in [2.05, 4.69) is 34.5 Å². The van der Waals surface area contributed by atoms with Crippen molar-refractivity contribution in [2.75, 3.05) is 33.4 Å². The van der Waals surface area contributed by atoms with Crippen molar-refractivity contribution in [2.45, 2.75) is 56.7 Å². The van der Waals surface area contributed by atoms with Crippen LogP contribution in [-0.4, -0.2) is 55.5 Å². The van der Waals surface area contributed by atoms with Crippen LogP contribution in [-0.2, 0) is 11.2 Å². The number of aryl methyl sites for hydroxylation is 1. The second-order valence-corrected chi connectivity index (χ2v) is 7.35. The summed E-state index contributed by atoms with van der Waals surface area (Å²) in [5.74, 6) is 0. The molecule has 1 aliphatic heterocycles. The van der Waals surface area contributed by atoms with Gasteiger partial charge in [-0.25, -0.2) is 0 Å². The van der Waals surface area contributed by atoms with Gasteiger partial charge in [0.1, 0.15) is 0 Å². The Kier molecular flexibility index (Phi) is 6.67. The first-order chi connectivity index (χ1) is 11.8. The summed E-state index contributed by atoms with van der Waals surface area (Å²) in [5.41, 5.74) is 3.06. The number of fused-ring (bicyclic) bond motifs is 1. The lowest BCUT2D eigenvalue weighted by Crippen LogP contribution is -2.46. The summed E-state index contributed by atoms with van der Waals surface area (Å²) in [6, 6.07) is 10.1. The van der Waals surface area contributed by atoms with Crippen LogP contribution in [0.1, 0.15) is 49.3 Å². The van der Waals surface area contributed by atoms with E-state index in [9.17, 15) is 5.11 Å². The minimum absolute atomic E-state index is 0.367. The molecule has 1 heterocycles. The van der Waals surface area contributed by atoms with Crippen LogP contribution in [0.2, 0.25) is 0 Å². The van der Waals surface area contributed by atoms with Crippen molar-refractivity contribution in [3.8, 4) is 0 Å². The van der Waals surface area contributed by atoms with Crippen LogP contribution >= 0.6 is 0 Å². The molecule has 1 aromatic carbocycles. The van der Waals surface area contributed by atoms with Gasteiger partial charge in [0, 0.05) is 25.7 Å². The summed E-state index contributed by atoms with van der Waals surface area (Å²) in [4.78, 5) is 2.36. The number of rotatable bonds is 6. The highest BCUT2D eigenvalue weighted by Crippen LogP contribution is 2.29. The molecular formula is C20H32N2O2. The Balaban J connectivity index is 1.51. The topological polar surface area (TPSA) is 44.7 Å². The van der Waals surface area contributed by atoms with Crippen LogP contribution in [0.3, 0.4) is 0 Å². The Labute approximate surface area is 146 Å². The lowest BCUT2D eigenvalue weighted by molar-refractivity contribution is 0.0306. The molecular weight excluding hydrogens is 300 g/mol. The summed E-state index contributed by atoms with van der Waals surface area (Å²) < 4.78 is 5.02. The number of methoxy groups -OCH3 is 1. The molecule has 4 nitrogen and oxygen atoms in total. The van der Waals surface area contributed by atoms with Crippen LogP contribution in [0.15, 0.2) is 24.3 Å². The zero-order valence-electron chi connectivity index (χ0n) is 14.9. The van der Waals surface area contributed by atoms with Crippen molar-refractivity contribution in [2.24, 2.45) is 0 Å². The van der Waals surface area contributed by atoms with E-state index in [1.165, 1.54) is 49.7 Å². The predicted octanol–water partition coefficient (Wildman–Crippen LogP) is 2.52. The number of likely N-dealkylation sites (tertiary alicyclic amines) is 1. The fraction of sp³-hybridized carbons (Fsp3) is 0.700. The first-order valence-corrected chi connectivity index (χ1v) is 9.49. The van der Waals surface area contributed by atoms with E-state index >= 15 is 0 Å². The maximum atomic E-state index is 9.89. The molecule has 1 saturated heterocycles. The largest absolute Gasteiger partial charge is 0.389 e. The van der Waals surface area contributed by atoms with Crippen molar-refractivity contribution in [3.05, 3.63) is 35.4 Å². The first-order valence-electron chi connectivity index (χ1n) is 9.49. The number of aliphatic hydroxyl groups excluding tert-OH is 1. The number of hydrogen-bond acceptors (Lipinski definition) is 4. The molecule has 134 valence electrons. The van der Waals surface area contributed by atoms with Crippen LogP contribution in [0, 0.1) is 0 Å². The van der Waals surface area contributed by atoms with Gasteiger partial charge in [-0.05, 0) is 56.3 Å². The van der Waals surface area contributed by atoms with Gasteiger partial charge in [0.05, 0.1) is 12.7 Å². The second-order valence-electron chi connectivity index (χ2n) is 7.35. The molecule has 0 amide bonds. The molecule has 1 aromatic rings. The minimum Gasteiger partial charge on any atom is -0.389 e. The van der Waals surface area contributed by atoms with E-state index < -0.39 is 0 Å². The molecule has 2 N–H and O–H groups in total. The van der Waals surface area contributed by atoms with Gasteiger partial charge < -0.3 is 20.1 Å². The molecule has 4 heteroatoms. The van der Waals surface area contributed by atoms with Crippen LogP contribution in [0.5, 0.6) is 0 Å². The average molecular weight is 332 g/mol. The number of nitrogens with zero attached hydrogens (tertiary/aromatic N) is 1. The average Bonchev–Trinajstić information content (AvgIpc) is 2.79. The van der Waals surface area contributed by atoms with E-state index in [4.69, 9.17) is 4.74 Å². The molecule has 2 unspecified atom stereocenters. The first kappa shape index (κ1) is 17.9. The van der Waals surface area contributed by atoms with Gasteiger partial charge in [-0.2, -0.15) is 0 Å². The Morgan fingerprint density at radius 2 is 2.00 bits per heavy atom. The summed E-state index contributed by atoms with van der Waals surface area (Å²) in [6.45, 7) is 3.28. The Morgan fingerprint density at radius 1 is 1.21 bits per heavy atom. The highest BCUT2D eigenvalue weighted by molar-refractivity contribution is 5.31. The highest BCUT2D eigenvalue weighted by Gasteiger charge is 2.25. The third-order valence-corrected chi connectivity index (χ3v) is 5.47. The Bertz CT molecular complexity index is 500. The van der Waals surface area contributed by atoms with Crippen LogP contribution in [0.4, 0.5) is 0 Å². The summed E-state index contributed by atoms with van der Waals surface area (Å²) in [7, 11) is 1.64. The predicted molar refractivity (Wildman–Crippen MR) is 97.2 cm³/mol. The fourth-order valence-electron chi connectivity index (χ4n) is 4.20. The zero-order valence-corrected chi connectivity index (χ0v) is 14.9. The molecule has 0 bridgehead atoms. The Morgan fingerprint density at radius 3 is 2.79 bits per heavy atom. The SMILES string of the molecule is COCC(O)CN1CCC(NC2CCCCc3ccccc32)CC1. The number of piperidine rings is 1. The van der Waals surface area contributed by atoms with Crippen molar-refractivity contribution in [3.63, 3.8) is 0 Å². The number of β-amino-alcohol motifs (C(OH)–C–C–N with tert-alkyl or cyclic N) is 1. The van der Waals surface area contributed by atoms with Gasteiger partial charge in [0.15, 0.2) is 0 Å². The van der Waals surface area contributed by atoms with Crippen molar-refractivity contribution >= 4 is 0 Å². The van der Waals surface area contributed by atoms with E-state index in [-0.39, 0.29) is 6.10 Å². The Hall–Kier alpha value is -0.940. The van der Waals surface area contributed by atoms with E-state index in [1.807, 2.05) is 0 Å². The summed E-state index contributed by atoms with van der Waals surface area (Å²) >= 11 is 0. The maximum absolute atomic E-state index is 9.89. The molecule has 2 atom stereocenters. The highest BCUT2D eigenvalue weighted by atomic mass is 16.5. The monoisotopic (exact) mass is 332 g/mol. The van der Waals surface area contributed by atoms with Crippen molar-refractivity contribution < 1.29 is 9.84 Å². The molecule has 1 aliphatic carbocycles. The normalized spacial score (nSPS) is 24.3. The smallest absolute Gasteiger partial charge is 0.0900 e. The van der Waals surface area contributed by atoms with Gasteiger partial charge >= 0.3 is 0 Å². The van der Waals surface area contributed by atoms with Gasteiger partial charge in [-0.15, -0.1) is 0 Å². The number of ether oxygens (including phenoxy) is 1. The third kappa shape index (κ3) is 4.79. The van der Waals surface area contributed by atoms with Gasteiger partial charge in [0.25, 0.3) is 0 Å². The van der Waals surface area contributed by atoms with E-state index in [1.54, 1.807) is 7.11 Å². The number of hydrogen-bond donors (Lipinski definition) is 2. The standard InChI is InChI=1S/C20H32N2O2/c1-24-15-18(23)14-22-12-10-17(11-13-22)21-20-9-5-3-7-16-6-2-4-8-19(16)20/h2,4,6,8,17-18,20-21,23H,3,5,7,9-15H2,1H3. The molecule has 0 spiro atoms. The van der Waals surface area contributed by atoms with Gasteiger partial charge in [0.2, 0.25) is 0 Å².